The molecule has 2 amide bonds. The van der Waals surface area contributed by atoms with E-state index < -0.39 is 0 Å². The standard InChI is InChI=1S/C21H24N4O3S2/c1-25(2)10-4-11-28-17-8-6-15(7-9-17)22-19(26)13-16-14-30-21(23-16)24-20(27)18-5-3-12-29-18/h3,5-9,12,14H,4,10-11,13H2,1-2H3,(H,22,26)(H,23,24,27). The van der Waals surface area contributed by atoms with Crippen molar-refractivity contribution in [1.29, 1.82) is 0 Å². The predicted molar refractivity (Wildman–Crippen MR) is 122 cm³/mol. The molecule has 158 valence electrons. The lowest BCUT2D eigenvalue weighted by Gasteiger charge is -2.11. The molecule has 30 heavy (non-hydrogen) atoms. The molecule has 0 unspecified atom stereocenters. The van der Waals surface area contributed by atoms with Crippen LogP contribution in [0.3, 0.4) is 0 Å². The first-order valence-corrected chi connectivity index (χ1v) is 11.2. The van der Waals surface area contributed by atoms with E-state index in [1.54, 1.807) is 11.4 Å². The van der Waals surface area contributed by atoms with Gasteiger partial charge in [0.05, 0.1) is 23.6 Å². The number of aromatic nitrogens is 1. The van der Waals surface area contributed by atoms with Gasteiger partial charge in [0.15, 0.2) is 5.13 Å². The molecule has 0 bridgehead atoms. The van der Waals surface area contributed by atoms with Gasteiger partial charge >= 0.3 is 0 Å². The van der Waals surface area contributed by atoms with E-state index in [4.69, 9.17) is 4.74 Å². The van der Waals surface area contributed by atoms with Crippen LogP contribution in [0, 0.1) is 0 Å². The fourth-order valence-corrected chi connectivity index (χ4v) is 3.91. The second-order valence-electron chi connectivity index (χ2n) is 6.83. The van der Waals surface area contributed by atoms with Gasteiger partial charge in [-0.3, -0.25) is 14.9 Å². The SMILES string of the molecule is CN(C)CCCOc1ccc(NC(=O)Cc2csc(NC(=O)c3cccs3)n2)cc1. The molecule has 2 N–H and O–H groups in total. The number of benzene rings is 1. The van der Waals surface area contributed by atoms with Crippen LogP contribution in [0.25, 0.3) is 0 Å². The average molecular weight is 445 g/mol. The van der Waals surface area contributed by atoms with Crippen molar-refractivity contribution in [3.63, 3.8) is 0 Å². The maximum Gasteiger partial charge on any atom is 0.267 e. The summed E-state index contributed by atoms with van der Waals surface area (Å²) in [6, 6.07) is 10.9. The van der Waals surface area contributed by atoms with Gasteiger partial charge in [0.2, 0.25) is 5.91 Å². The Labute approximate surface area is 183 Å². The van der Waals surface area contributed by atoms with E-state index >= 15 is 0 Å². The number of nitrogens with zero attached hydrogens (tertiary/aromatic N) is 2. The Morgan fingerprint density at radius 3 is 2.60 bits per heavy atom. The van der Waals surface area contributed by atoms with Crippen LogP contribution in [0.4, 0.5) is 10.8 Å². The van der Waals surface area contributed by atoms with Crippen LogP contribution >= 0.6 is 22.7 Å². The summed E-state index contributed by atoms with van der Waals surface area (Å²) in [4.78, 5) is 31.4. The van der Waals surface area contributed by atoms with Crippen molar-refractivity contribution < 1.29 is 14.3 Å². The number of hydrogen-bond donors (Lipinski definition) is 2. The van der Waals surface area contributed by atoms with Crippen LogP contribution in [0.15, 0.2) is 47.2 Å². The highest BCUT2D eigenvalue weighted by atomic mass is 32.1. The number of anilines is 2. The highest BCUT2D eigenvalue weighted by molar-refractivity contribution is 7.14. The van der Waals surface area contributed by atoms with Gasteiger partial charge in [0.25, 0.3) is 5.91 Å². The molecule has 0 aliphatic rings. The Kier molecular flexibility index (Phi) is 7.95. The summed E-state index contributed by atoms with van der Waals surface area (Å²) >= 11 is 2.66. The molecule has 9 heteroatoms. The Hall–Kier alpha value is -2.75. The molecule has 0 atom stereocenters. The number of thiophene rings is 1. The van der Waals surface area contributed by atoms with Crippen molar-refractivity contribution in [1.82, 2.24) is 9.88 Å². The highest BCUT2D eigenvalue weighted by Crippen LogP contribution is 2.19. The van der Waals surface area contributed by atoms with Gasteiger partial charge in [-0.2, -0.15) is 0 Å². The maximum absolute atomic E-state index is 12.3. The minimum absolute atomic E-state index is 0.133. The van der Waals surface area contributed by atoms with Crippen LogP contribution in [-0.4, -0.2) is 48.9 Å². The third kappa shape index (κ3) is 6.94. The van der Waals surface area contributed by atoms with Gasteiger partial charge in [-0.1, -0.05) is 6.07 Å². The summed E-state index contributed by atoms with van der Waals surface area (Å²) in [6.07, 6.45) is 1.09. The number of amides is 2. The first-order chi connectivity index (χ1) is 14.5. The third-order valence-corrected chi connectivity index (χ3v) is 5.69. The van der Waals surface area contributed by atoms with Crippen molar-refractivity contribution in [2.24, 2.45) is 0 Å². The van der Waals surface area contributed by atoms with Gasteiger partial charge in [0, 0.05) is 17.6 Å². The highest BCUT2D eigenvalue weighted by Gasteiger charge is 2.12. The molecule has 7 nitrogen and oxygen atoms in total. The van der Waals surface area contributed by atoms with Crippen molar-refractivity contribution in [2.45, 2.75) is 12.8 Å². The zero-order valence-electron chi connectivity index (χ0n) is 16.9. The van der Waals surface area contributed by atoms with E-state index in [2.05, 4.69) is 20.5 Å². The molecule has 3 rings (SSSR count). The second-order valence-corrected chi connectivity index (χ2v) is 8.64. The first kappa shape index (κ1) is 21.9. The smallest absolute Gasteiger partial charge is 0.267 e. The Bertz CT molecular complexity index is 953. The van der Waals surface area contributed by atoms with Gasteiger partial charge in [-0.25, -0.2) is 4.98 Å². The minimum atomic E-state index is -0.195. The fourth-order valence-electron chi connectivity index (χ4n) is 2.59. The fraction of sp³-hybridized carbons (Fsp3) is 0.286. The minimum Gasteiger partial charge on any atom is -0.494 e. The molecule has 3 aromatic rings. The summed E-state index contributed by atoms with van der Waals surface area (Å²) in [5.41, 5.74) is 1.31. The normalized spacial score (nSPS) is 10.8. The monoisotopic (exact) mass is 444 g/mol. The number of nitrogens with one attached hydrogen (secondary N) is 2. The lowest BCUT2D eigenvalue weighted by atomic mass is 10.2. The first-order valence-electron chi connectivity index (χ1n) is 9.46. The number of hydrogen-bond acceptors (Lipinski definition) is 7. The van der Waals surface area contributed by atoms with Gasteiger partial charge in [-0.05, 0) is 56.2 Å². The quantitative estimate of drug-likeness (QED) is 0.462. The largest absolute Gasteiger partial charge is 0.494 e. The number of rotatable bonds is 10. The van der Waals surface area contributed by atoms with Crippen LogP contribution in [0.1, 0.15) is 21.8 Å². The molecule has 0 fully saturated rings. The average Bonchev–Trinajstić information content (AvgIpc) is 3.39. The van der Waals surface area contributed by atoms with E-state index in [0.29, 0.717) is 28.0 Å². The molecule has 2 heterocycles. The number of carbonyl (C=O) groups is 2. The van der Waals surface area contributed by atoms with Crippen LogP contribution < -0.4 is 15.4 Å². The molecule has 0 saturated carbocycles. The predicted octanol–water partition coefficient (Wildman–Crippen LogP) is 3.97. The summed E-state index contributed by atoms with van der Waals surface area (Å²) in [7, 11) is 4.07. The van der Waals surface area contributed by atoms with E-state index in [9.17, 15) is 9.59 Å². The van der Waals surface area contributed by atoms with Gasteiger partial charge in [0.1, 0.15) is 5.75 Å². The second kappa shape index (κ2) is 10.9. The molecule has 0 aliphatic heterocycles. The summed E-state index contributed by atoms with van der Waals surface area (Å²) in [5, 5.41) is 9.70. The van der Waals surface area contributed by atoms with E-state index in [1.807, 2.05) is 49.8 Å². The third-order valence-electron chi connectivity index (χ3n) is 4.02. The lowest BCUT2D eigenvalue weighted by molar-refractivity contribution is -0.115. The molecule has 0 aliphatic carbocycles. The Morgan fingerprint density at radius 2 is 1.90 bits per heavy atom. The zero-order valence-corrected chi connectivity index (χ0v) is 18.5. The zero-order chi connectivity index (χ0) is 21.3. The van der Waals surface area contributed by atoms with E-state index in [0.717, 1.165) is 18.7 Å². The Balaban J connectivity index is 1.44. The van der Waals surface area contributed by atoms with Crippen LogP contribution in [-0.2, 0) is 11.2 Å². The number of thiazole rings is 1. The summed E-state index contributed by atoms with van der Waals surface area (Å²) in [6.45, 7) is 1.63. The molecule has 0 saturated heterocycles. The molecule has 2 aromatic heterocycles. The van der Waals surface area contributed by atoms with Crippen molar-refractivity contribution >= 4 is 45.3 Å². The van der Waals surface area contributed by atoms with Crippen LogP contribution in [0.2, 0.25) is 0 Å². The summed E-state index contributed by atoms with van der Waals surface area (Å²) < 4.78 is 5.69. The molecule has 1 aromatic carbocycles. The van der Waals surface area contributed by atoms with E-state index in [1.165, 1.54) is 22.7 Å². The number of carbonyl (C=O) groups excluding carboxylic acids is 2. The molecular formula is C21H24N4O3S2. The van der Waals surface area contributed by atoms with Crippen molar-refractivity contribution in [3.8, 4) is 5.75 Å². The van der Waals surface area contributed by atoms with Crippen LogP contribution in [0.5, 0.6) is 5.75 Å². The van der Waals surface area contributed by atoms with E-state index in [-0.39, 0.29) is 18.2 Å². The van der Waals surface area contributed by atoms with Crippen molar-refractivity contribution in [2.75, 3.05) is 37.9 Å². The molecular weight excluding hydrogens is 420 g/mol. The Morgan fingerprint density at radius 1 is 1.10 bits per heavy atom. The van der Waals surface area contributed by atoms with Crippen molar-refractivity contribution in [3.05, 3.63) is 57.7 Å². The number of ether oxygens (including phenoxy) is 1. The maximum atomic E-state index is 12.3. The molecule has 0 radical (unpaired) electrons. The summed E-state index contributed by atoms with van der Waals surface area (Å²) in [5.74, 6) is 0.410. The molecule has 0 spiro atoms. The van der Waals surface area contributed by atoms with Gasteiger partial charge < -0.3 is 15.0 Å². The lowest BCUT2D eigenvalue weighted by Crippen LogP contribution is -2.15. The topological polar surface area (TPSA) is 83.6 Å². The van der Waals surface area contributed by atoms with Gasteiger partial charge in [-0.15, -0.1) is 22.7 Å².